The molecule has 1 nitrogen and oxygen atoms in total. The molecule has 12 heavy (non-hydrogen) atoms. The quantitative estimate of drug-likeness (QED) is 0.702. The molecular weight excluding hydrogens is 213 g/mol. The van der Waals surface area contributed by atoms with Crippen molar-refractivity contribution in [2.75, 3.05) is 13.6 Å². The first kappa shape index (κ1) is 9.50. The second kappa shape index (κ2) is 4.44. The molecule has 64 valence electrons. The van der Waals surface area contributed by atoms with Crippen molar-refractivity contribution in [1.82, 2.24) is 4.90 Å². The molecular formula is C10H13NSe. The summed E-state index contributed by atoms with van der Waals surface area (Å²) in [5.41, 5.74) is 1.25. The van der Waals surface area contributed by atoms with Crippen LogP contribution in [0.2, 0.25) is 0 Å². The van der Waals surface area contributed by atoms with Gasteiger partial charge in [0.15, 0.2) is 0 Å². The van der Waals surface area contributed by atoms with Crippen molar-refractivity contribution in [3.63, 3.8) is 0 Å². The van der Waals surface area contributed by atoms with Gasteiger partial charge in [0.05, 0.1) is 0 Å². The zero-order chi connectivity index (χ0) is 8.97. The predicted molar refractivity (Wildman–Crippen MR) is 54.6 cm³/mol. The topological polar surface area (TPSA) is 3.24 Å². The fraction of sp³-hybridized carbons (Fsp3) is 0.300. The first-order valence-corrected chi connectivity index (χ1v) is 4.92. The van der Waals surface area contributed by atoms with E-state index in [1.54, 1.807) is 0 Å². The van der Waals surface area contributed by atoms with Crippen LogP contribution >= 0.6 is 0 Å². The molecule has 0 radical (unpaired) electrons. The number of benzene rings is 1. The van der Waals surface area contributed by atoms with Crippen molar-refractivity contribution >= 4 is 20.1 Å². The van der Waals surface area contributed by atoms with Crippen LogP contribution in [0.25, 0.3) is 0 Å². The van der Waals surface area contributed by atoms with Gasteiger partial charge in [0.1, 0.15) is 0 Å². The third kappa shape index (κ3) is 2.20. The van der Waals surface area contributed by atoms with Crippen LogP contribution in [-0.2, 0) is 0 Å². The van der Waals surface area contributed by atoms with Gasteiger partial charge in [-0.1, -0.05) is 0 Å². The van der Waals surface area contributed by atoms with Crippen molar-refractivity contribution in [3.8, 4) is 0 Å². The Kier molecular flexibility index (Phi) is 3.51. The van der Waals surface area contributed by atoms with Gasteiger partial charge in [0, 0.05) is 0 Å². The Labute approximate surface area is 81.8 Å². The predicted octanol–water partition coefficient (Wildman–Crippen LogP) is 1.28. The zero-order valence-electron chi connectivity index (χ0n) is 7.45. The van der Waals surface area contributed by atoms with E-state index < -0.39 is 0 Å². The molecule has 0 atom stereocenters. The molecule has 1 rings (SSSR count). The first-order chi connectivity index (χ1) is 5.75. The molecule has 0 bridgehead atoms. The number of nitrogens with zero attached hydrogens (tertiary/aromatic N) is 1. The monoisotopic (exact) mass is 227 g/mol. The minimum atomic E-state index is 1.03. The molecule has 0 spiro atoms. The fourth-order valence-corrected chi connectivity index (χ4v) is 1.50. The Balaban J connectivity index is 2.79. The van der Waals surface area contributed by atoms with Gasteiger partial charge >= 0.3 is 81.4 Å². The summed E-state index contributed by atoms with van der Waals surface area (Å²) >= 11 is 3.09. The van der Waals surface area contributed by atoms with Crippen LogP contribution in [-0.4, -0.2) is 38.6 Å². The molecule has 0 fully saturated rings. The van der Waals surface area contributed by atoms with Crippen LogP contribution < -0.4 is 0 Å². The van der Waals surface area contributed by atoms with Crippen LogP contribution in [0.3, 0.4) is 0 Å². The van der Waals surface area contributed by atoms with Crippen LogP contribution in [0.15, 0.2) is 30.3 Å². The van der Waals surface area contributed by atoms with Crippen molar-refractivity contribution in [2.24, 2.45) is 0 Å². The summed E-state index contributed by atoms with van der Waals surface area (Å²) in [4.78, 5) is 2.19. The van der Waals surface area contributed by atoms with Crippen LogP contribution in [0, 0.1) is 0 Å². The van der Waals surface area contributed by atoms with Crippen molar-refractivity contribution in [3.05, 3.63) is 35.9 Å². The second-order valence-corrected chi connectivity index (χ2v) is 3.50. The van der Waals surface area contributed by atoms with Crippen LogP contribution in [0.1, 0.15) is 12.5 Å². The summed E-state index contributed by atoms with van der Waals surface area (Å²) in [6.45, 7) is 3.16. The van der Waals surface area contributed by atoms with Gasteiger partial charge < -0.3 is 0 Å². The van der Waals surface area contributed by atoms with Gasteiger partial charge in [-0.2, -0.15) is 0 Å². The van der Waals surface area contributed by atoms with Gasteiger partial charge in [-0.15, -0.1) is 0 Å². The molecule has 0 aliphatic rings. The van der Waals surface area contributed by atoms with E-state index in [1.807, 2.05) is 6.07 Å². The first-order valence-electron chi connectivity index (χ1n) is 4.06. The molecule has 0 saturated heterocycles. The van der Waals surface area contributed by atoms with Gasteiger partial charge in [-0.25, -0.2) is 0 Å². The van der Waals surface area contributed by atoms with E-state index in [9.17, 15) is 0 Å². The summed E-state index contributed by atoms with van der Waals surface area (Å²) < 4.78 is 1.21. The number of rotatable bonds is 3. The summed E-state index contributed by atoms with van der Waals surface area (Å²) in [5, 5.41) is 0. The van der Waals surface area contributed by atoms with E-state index in [0.717, 1.165) is 6.54 Å². The molecule has 0 heterocycles. The normalized spacial score (nSPS) is 9.50. The van der Waals surface area contributed by atoms with Crippen molar-refractivity contribution < 1.29 is 0 Å². The van der Waals surface area contributed by atoms with E-state index in [0.29, 0.717) is 0 Å². The van der Waals surface area contributed by atoms with Gasteiger partial charge in [0.2, 0.25) is 0 Å². The molecule has 2 heteroatoms. The zero-order valence-corrected chi connectivity index (χ0v) is 9.16. The van der Waals surface area contributed by atoms with E-state index in [1.165, 1.54) is 10.1 Å². The van der Waals surface area contributed by atoms with Crippen molar-refractivity contribution in [2.45, 2.75) is 6.92 Å². The Morgan fingerprint density at radius 1 is 1.33 bits per heavy atom. The Morgan fingerprint density at radius 3 is 2.42 bits per heavy atom. The molecule has 0 unspecified atom stereocenters. The van der Waals surface area contributed by atoms with Gasteiger partial charge in [-0.3, -0.25) is 0 Å². The fourth-order valence-electron chi connectivity index (χ4n) is 0.945. The number of hydrogen-bond donors (Lipinski definition) is 0. The summed E-state index contributed by atoms with van der Waals surface area (Å²) in [6.07, 6.45) is 0. The second-order valence-electron chi connectivity index (χ2n) is 2.69. The molecule has 0 amide bonds. The minimum absolute atomic E-state index is 1.03. The van der Waals surface area contributed by atoms with E-state index in [2.05, 4.69) is 58.7 Å². The maximum atomic E-state index is 3.09. The van der Waals surface area contributed by atoms with E-state index in [-0.39, 0.29) is 0 Å². The Bertz CT molecular complexity index is 256. The van der Waals surface area contributed by atoms with E-state index >= 15 is 0 Å². The van der Waals surface area contributed by atoms with Crippen molar-refractivity contribution in [1.29, 1.82) is 0 Å². The summed E-state index contributed by atoms with van der Waals surface area (Å²) in [6, 6.07) is 10.4. The van der Waals surface area contributed by atoms with Gasteiger partial charge in [-0.05, 0) is 0 Å². The standard InChI is InChI=1S/C10H13NSe/c1-3-11(2)10(12)9-7-5-4-6-8-9/h4-8H,3H2,1-2H3. The third-order valence-electron chi connectivity index (χ3n) is 1.84. The van der Waals surface area contributed by atoms with E-state index in [4.69, 9.17) is 0 Å². The molecule has 1 aromatic rings. The molecule has 0 saturated carbocycles. The Hall–Kier alpha value is -0.591. The molecule has 0 aliphatic carbocycles. The molecule has 0 aliphatic heterocycles. The summed E-state index contributed by atoms with van der Waals surface area (Å²) in [5.74, 6) is 0. The SMILES string of the molecule is CCN(C)C(=[Se])c1ccccc1. The molecule has 0 N–H and O–H groups in total. The Morgan fingerprint density at radius 2 is 1.92 bits per heavy atom. The van der Waals surface area contributed by atoms with Gasteiger partial charge in [0.25, 0.3) is 0 Å². The summed E-state index contributed by atoms with van der Waals surface area (Å²) in [7, 11) is 2.08. The average molecular weight is 226 g/mol. The maximum absolute atomic E-state index is 3.09. The average Bonchev–Trinajstić information content (AvgIpc) is 2.17. The third-order valence-corrected chi connectivity index (χ3v) is 2.99. The molecule has 1 aromatic carbocycles. The molecule has 0 aromatic heterocycles. The number of hydrogen-bond acceptors (Lipinski definition) is 1. The van der Waals surface area contributed by atoms with Crippen LogP contribution in [0.5, 0.6) is 0 Å². The van der Waals surface area contributed by atoms with Crippen LogP contribution in [0.4, 0.5) is 0 Å².